The minimum Gasteiger partial charge on any atom is -0.379 e. The Labute approximate surface area is 129 Å². The summed E-state index contributed by atoms with van der Waals surface area (Å²) in [6, 6.07) is 9.39. The Balaban J connectivity index is 2.16. The van der Waals surface area contributed by atoms with Crippen LogP contribution in [0.3, 0.4) is 0 Å². The largest absolute Gasteiger partial charge is 0.379 e. The number of nitrogens with one attached hydrogen (secondary N) is 1. The summed E-state index contributed by atoms with van der Waals surface area (Å²) in [6.07, 6.45) is 0. The molecule has 0 saturated heterocycles. The van der Waals surface area contributed by atoms with E-state index < -0.39 is 0 Å². The SMILES string of the molecule is Cc1cc(Br)c(NCc2ccc(C)c(F)c2)c(Br)c1. The second-order valence-corrected chi connectivity index (χ2v) is 6.25. The fourth-order valence-corrected chi connectivity index (χ4v) is 3.50. The first-order chi connectivity index (χ1) is 8.97. The van der Waals surface area contributed by atoms with E-state index in [0.29, 0.717) is 12.1 Å². The van der Waals surface area contributed by atoms with Crippen LogP contribution < -0.4 is 5.32 Å². The molecule has 0 saturated carbocycles. The quantitative estimate of drug-likeness (QED) is 0.725. The summed E-state index contributed by atoms with van der Waals surface area (Å²) in [5.41, 5.74) is 3.74. The van der Waals surface area contributed by atoms with Crippen molar-refractivity contribution in [3.8, 4) is 0 Å². The summed E-state index contributed by atoms with van der Waals surface area (Å²) in [5.74, 6) is -0.165. The zero-order valence-electron chi connectivity index (χ0n) is 10.7. The third-order valence-corrected chi connectivity index (χ3v) is 4.14. The van der Waals surface area contributed by atoms with Crippen molar-refractivity contribution in [1.82, 2.24) is 0 Å². The van der Waals surface area contributed by atoms with Crippen molar-refractivity contribution in [2.45, 2.75) is 20.4 Å². The second-order valence-electron chi connectivity index (χ2n) is 4.54. The van der Waals surface area contributed by atoms with Crippen LogP contribution in [0.1, 0.15) is 16.7 Å². The summed E-state index contributed by atoms with van der Waals surface area (Å²) in [7, 11) is 0. The standard InChI is InChI=1S/C15H14Br2FN/c1-9-5-12(16)15(13(17)6-9)19-8-11-4-3-10(2)14(18)7-11/h3-7,19H,8H2,1-2H3. The van der Waals surface area contributed by atoms with Crippen LogP contribution in [0.2, 0.25) is 0 Å². The number of aryl methyl sites for hydroxylation is 2. The van der Waals surface area contributed by atoms with E-state index >= 15 is 0 Å². The van der Waals surface area contributed by atoms with Crippen LogP contribution >= 0.6 is 31.9 Å². The van der Waals surface area contributed by atoms with Gasteiger partial charge in [-0.15, -0.1) is 0 Å². The number of halogens is 3. The Kier molecular flexibility index (Phi) is 4.63. The van der Waals surface area contributed by atoms with Crippen molar-refractivity contribution >= 4 is 37.5 Å². The molecule has 0 aliphatic heterocycles. The number of hydrogen-bond acceptors (Lipinski definition) is 1. The van der Waals surface area contributed by atoms with Gasteiger partial charge in [-0.3, -0.25) is 0 Å². The number of anilines is 1. The Morgan fingerprint density at radius 1 is 1.05 bits per heavy atom. The number of hydrogen-bond donors (Lipinski definition) is 1. The fraction of sp³-hybridized carbons (Fsp3) is 0.200. The molecule has 0 amide bonds. The minimum atomic E-state index is -0.165. The third-order valence-electron chi connectivity index (χ3n) is 2.89. The highest BCUT2D eigenvalue weighted by Gasteiger charge is 2.06. The average Bonchev–Trinajstić information content (AvgIpc) is 2.32. The molecule has 0 heterocycles. The molecule has 0 fully saturated rings. The summed E-state index contributed by atoms with van der Waals surface area (Å²) in [4.78, 5) is 0. The molecule has 0 aliphatic carbocycles. The maximum atomic E-state index is 13.5. The van der Waals surface area contributed by atoms with E-state index in [1.165, 1.54) is 5.56 Å². The lowest BCUT2D eigenvalue weighted by Gasteiger charge is -2.12. The molecule has 2 rings (SSSR count). The molecular weight excluding hydrogens is 373 g/mol. The molecule has 1 N–H and O–H groups in total. The number of benzene rings is 2. The lowest BCUT2D eigenvalue weighted by molar-refractivity contribution is 0.616. The van der Waals surface area contributed by atoms with Crippen molar-refractivity contribution < 1.29 is 4.39 Å². The second kappa shape index (κ2) is 6.06. The first kappa shape index (κ1) is 14.5. The number of rotatable bonds is 3. The monoisotopic (exact) mass is 385 g/mol. The van der Waals surface area contributed by atoms with E-state index in [-0.39, 0.29) is 5.82 Å². The van der Waals surface area contributed by atoms with Crippen LogP contribution in [-0.2, 0) is 6.54 Å². The summed E-state index contributed by atoms with van der Waals surface area (Å²) >= 11 is 7.06. The van der Waals surface area contributed by atoms with Crippen molar-refractivity contribution in [2.75, 3.05) is 5.32 Å². The van der Waals surface area contributed by atoms with Crippen molar-refractivity contribution in [2.24, 2.45) is 0 Å². The molecule has 0 unspecified atom stereocenters. The van der Waals surface area contributed by atoms with Gasteiger partial charge in [-0.05, 0) is 80.6 Å². The Morgan fingerprint density at radius 2 is 1.68 bits per heavy atom. The zero-order valence-corrected chi connectivity index (χ0v) is 13.9. The highest BCUT2D eigenvalue weighted by atomic mass is 79.9. The lowest BCUT2D eigenvalue weighted by Crippen LogP contribution is -2.02. The molecular formula is C15H14Br2FN. The van der Waals surface area contributed by atoms with Crippen LogP contribution in [-0.4, -0.2) is 0 Å². The van der Waals surface area contributed by atoms with Crippen molar-refractivity contribution in [1.29, 1.82) is 0 Å². The molecule has 19 heavy (non-hydrogen) atoms. The predicted octanol–water partition coefficient (Wildman–Crippen LogP) is 5.58. The van der Waals surface area contributed by atoms with Gasteiger partial charge < -0.3 is 5.32 Å². The van der Waals surface area contributed by atoms with Gasteiger partial charge in [-0.25, -0.2) is 4.39 Å². The Morgan fingerprint density at radius 3 is 2.26 bits per heavy atom. The maximum Gasteiger partial charge on any atom is 0.126 e. The smallest absolute Gasteiger partial charge is 0.126 e. The third kappa shape index (κ3) is 3.57. The van der Waals surface area contributed by atoms with Crippen LogP contribution in [0.25, 0.3) is 0 Å². The molecule has 0 atom stereocenters. The summed E-state index contributed by atoms with van der Waals surface area (Å²) in [6.45, 7) is 4.38. The van der Waals surface area contributed by atoms with Gasteiger partial charge in [0, 0.05) is 15.5 Å². The zero-order chi connectivity index (χ0) is 14.0. The molecule has 0 spiro atoms. The van der Waals surface area contributed by atoms with E-state index in [9.17, 15) is 4.39 Å². The van der Waals surface area contributed by atoms with Gasteiger partial charge in [0.05, 0.1) is 5.69 Å². The maximum absolute atomic E-state index is 13.5. The highest BCUT2D eigenvalue weighted by Crippen LogP contribution is 2.32. The first-order valence-electron chi connectivity index (χ1n) is 5.92. The normalized spacial score (nSPS) is 10.6. The van der Waals surface area contributed by atoms with Gasteiger partial charge in [0.1, 0.15) is 5.82 Å². The first-order valence-corrected chi connectivity index (χ1v) is 7.50. The van der Waals surface area contributed by atoms with Gasteiger partial charge >= 0.3 is 0 Å². The summed E-state index contributed by atoms with van der Waals surface area (Å²) < 4.78 is 15.5. The van der Waals surface area contributed by atoms with E-state index in [2.05, 4.69) is 37.2 Å². The molecule has 0 aromatic heterocycles. The van der Waals surface area contributed by atoms with E-state index in [1.807, 2.05) is 25.1 Å². The van der Waals surface area contributed by atoms with Gasteiger partial charge in [0.15, 0.2) is 0 Å². The van der Waals surface area contributed by atoms with E-state index in [4.69, 9.17) is 0 Å². The minimum absolute atomic E-state index is 0.165. The van der Waals surface area contributed by atoms with E-state index in [1.54, 1.807) is 19.1 Å². The average molecular weight is 387 g/mol. The molecule has 2 aromatic carbocycles. The van der Waals surface area contributed by atoms with Crippen LogP contribution in [0.15, 0.2) is 39.3 Å². The molecule has 1 nitrogen and oxygen atoms in total. The topological polar surface area (TPSA) is 12.0 Å². The lowest BCUT2D eigenvalue weighted by atomic mass is 10.1. The molecule has 0 bridgehead atoms. The molecule has 100 valence electrons. The predicted molar refractivity (Wildman–Crippen MR) is 85.0 cm³/mol. The van der Waals surface area contributed by atoms with Gasteiger partial charge in [-0.2, -0.15) is 0 Å². The van der Waals surface area contributed by atoms with Crippen LogP contribution in [0.5, 0.6) is 0 Å². The van der Waals surface area contributed by atoms with Gasteiger partial charge in [0.25, 0.3) is 0 Å². The molecule has 0 aliphatic rings. The molecule has 0 radical (unpaired) electrons. The van der Waals surface area contributed by atoms with Gasteiger partial charge in [0.2, 0.25) is 0 Å². The van der Waals surface area contributed by atoms with Crippen molar-refractivity contribution in [3.05, 3.63) is 61.8 Å². The molecule has 2 aromatic rings. The summed E-state index contributed by atoms with van der Waals surface area (Å²) in [5, 5.41) is 3.31. The van der Waals surface area contributed by atoms with Crippen molar-refractivity contribution in [3.63, 3.8) is 0 Å². The van der Waals surface area contributed by atoms with E-state index in [0.717, 1.165) is 20.2 Å². The Hall–Kier alpha value is -0.870. The Bertz CT molecular complexity index is 588. The van der Waals surface area contributed by atoms with Gasteiger partial charge in [-0.1, -0.05) is 12.1 Å². The highest BCUT2D eigenvalue weighted by molar-refractivity contribution is 9.11. The fourth-order valence-electron chi connectivity index (χ4n) is 1.81. The van der Waals surface area contributed by atoms with Crippen LogP contribution in [0, 0.1) is 19.7 Å². The molecule has 4 heteroatoms. The van der Waals surface area contributed by atoms with Crippen LogP contribution in [0.4, 0.5) is 10.1 Å².